The summed E-state index contributed by atoms with van der Waals surface area (Å²) in [6, 6.07) is 11.5. The fourth-order valence-electron chi connectivity index (χ4n) is 1.90. The molecule has 0 saturated carbocycles. The number of aromatic nitrogens is 1. The molecule has 2 rings (SSSR count). The molecule has 0 aliphatic rings. The maximum absolute atomic E-state index is 12.4. The lowest BCUT2D eigenvalue weighted by molar-refractivity contribution is 0.266. The molecule has 0 saturated heterocycles. The van der Waals surface area contributed by atoms with Gasteiger partial charge >= 0.3 is 7.60 Å². The Morgan fingerprint density at radius 2 is 2.00 bits per heavy atom. The molecular formula is C14H17N2O4P. The van der Waals surface area contributed by atoms with Crippen molar-refractivity contribution >= 4 is 13.4 Å². The smallest absolute Gasteiger partial charge is 0.354 e. The lowest BCUT2D eigenvalue weighted by Gasteiger charge is -2.24. The van der Waals surface area contributed by atoms with Crippen LogP contribution < -0.4 is 5.32 Å². The number of hydrogen-bond acceptors (Lipinski definition) is 5. The number of anilines is 1. The van der Waals surface area contributed by atoms with E-state index in [4.69, 9.17) is 4.52 Å². The number of phenolic OH excluding ortho intramolecular Hbond substituents is 1. The maximum Gasteiger partial charge on any atom is 0.354 e. The number of aromatic hydroxyl groups is 1. The third kappa shape index (κ3) is 3.82. The van der Waals surface area contributed by atoms with E-state index in [1.165, 1.54) is 6.07 Å². The minimum absolute atomic E-state index is 0.0834. The monoisotopic (exact) mass is 308 g/mol. The fourth-order valence-corrected chi connectivity index (χ4v) is 3.29. The molecule has 0 fully saturated rings. The number of nitrogens with one attached hydrogen (secondary N) is 1. The van der Waals surface area contributed by atoms with Gasteiger partial charge in [-0.1, -0.05) is 24.3 Å². The topological polar surface area (TPSA) is 91.7 Å². The van der Waals surface area contributed by atoms with Crippen molar-refractivity contribution in [1.29, 1.82) is 0 Å². The van der Waals surface area contributed by atoms with Crippen molar-refractivity contribution in [1.82, 2.24) is 4.98 Å². The molecule has 21 heavy (non-hydrogen) atoms. The Bertz CT molecular complexity index is 636. The van der Waals surface area contributed by atoms with Crippen LogP contribution in [0, 0.1) is 0 Å². The number of rotatable bonds is 6. The van der Waals surface area contributed by atoms with E-state index < -0.39 is 13.4 Å². The van der Waals surface area contributed by atoms with Gasteiger partial charge in [0.25, 0.3) is 0 Å². The zero-order valence-corrected chi connectivity index (χ0v) is 12.4. The quantitative estimate of drug-likeness (QED) is 0.710. The molecule has 6 nitrogen and oxygen atoms in total. The van der Waals surface area contributed by atoms with Gasteiger partial charge in [0.1, 0.15) is 11.6 Å². The Kier molecular flexibility index (Phi) is 4.96. The summed E-state index contributed by atoms with van der Waals surface area (Å²) in [5, 5.41) is 12.8. The minimum atomic E-state index is -4.03. The Balaban J connectivity index is 2.40. The van der Waals surface area contributed by atoms with Gasteiger partial charge < -0.3 is 19.8 Å². The molecule has 2 aromatic rings. The fraction of sp³-hybridized carbons (Fsp3) is 0.214. The Morgan fingerprint density at radius 3 is 2.62 bits per heavy atom. The van der Waals surface area contributed by atoms with Gasteiger partial charge in [-0.2, -0.15) is 0 Å². The summed E-state index contributed by atoms with van der Waals surface area (Å²) >= 11 is 0. The molecule has 0 bridgehead atoms. The first-order valence-electron chi connectivity index (χ1n) is 6.47. The second-order valence-corrected chi connectivity index (χ2v) is 6.21. The van der Waals surface area contributed by atoms with Crippen LogP contribution in [0.5, 0.6) is 5.75 Å². The average molecular weight is 308 g/mol. The van der Waals surface area contributed by atoms with E-state index in [1.54, 1.807) is 49.5 Å². The predicted octanol–water partition coefficient (Wildman–Crippen LogP) is 3.12. The highest BCUT2D eigenvalue weighted by Gasteiger charge is 2.35. The van der Waals surface area contributed by atoms with Crippen LogP contribution in [0.1, 0.15) is 18.3 Å². The second kappa shape index (κ2) is 6.72. The molecule has 1 unspecified atom stereocenters. The van der Waals surface area contributed by atoms with E-state index in [2.05, 4.69) is 10.3 Å². The van der Waals surface area contributed by atoms with Crippen LogP contribution in [0.4, 0.5) is 5.82 Å². The number of nitrogens with zero attached hydrogens (tertiary/aromatic N) is 1. The van der Waals surface area contributed by atoms with E-state index in [0.717, 1.165) is 0 Å². The van der Waals surface area contributed by atoms with Crippen LogP contribution in [-0.2, 0) is 9.09 Å². The highest BCUT2D eigenvalue weighted by Crippen LogP contribution is 2.57. The van der Waals surface area contributed by atoms with Crippen LogP contribution in [0.25, 0.3) is 0 Å². The standard InChI is InChI=1S/C14H17N2O4P/c1-2-20-21(18,19)14(11-7-3-4-8-12(11)17)16-13-9-5-6-10-15-13/h3-10,14,17H,2H2,1H3,(H,15,16)(H,18,19)/t14-/m0/s1. The minimum Gasteiger partial charge on any atom is -0.508 e. The number of hydrogen-bond donors (Lipinski definition) is 3. The molecular weight excluding hydrogens is 291 g/mol. The summed E-state index contributed by atoms with van der Waals surface area (Å²) in [7, 11) is -4.03. The summed E-state index contributed by atoms with van der Waals surface area (Å²) in [6.45, 7) is 1.72. The van der Waals surface area contributed by atoms with Crippen molar-refractivity contribution < 1.29 is 19.1 Å². The van der Waals surface area contributed by atoms with Crippen molar-refractivity contribution in [3.8, 4) is 5.75 Å². The largest absolute Gasteiger partial charge is 0.508 e. The van der Waals surface area contributed by atoms with E-state index in [0.29, 0.717) is 5.82 Å². The third-order valence-electron chi connectivity index (χ3n) is 2.82. The Labute approximate surface area is 123 Å². The molecule has 1 aromatic heterocycles. The van der Waals surface area contributed by atoms with Crippen molar-refractivity contribution in [2.45, 2.75) is 12.7 Å². The van der Waals surface area contributed by atoms with Gasteiger partial charge in [-0.15, -0.1) is 0 Å². The SMILES string of the molecule is CCOP(=O)(O)[C@H](Nc1ccccn1)c1ccccc1O. The average Bonchev–Trinajstić information content (AvgIpc) is 2.47. The first-order valence-corrected chi connectivity index (χ1v) is 8.11. The summed E-state index contributed by atoms with van der Waals surface area (Å²) in [4.78, 5) is 14.2. The molecule has 0 spiro atoms. The molecule has 3 N–H and O–H groups in total. The van der Waals surface area contributed by atoms with Gasteiger partial charge in [-0.25, -0.2) is 4.98 Å². The summed E-state index contributed by atoms with van der Waals surface area (Å²) in [6.07, 6.45) is 1.56. The summed E-state index contributed by atoms with van der Waals surface area (Å²) in [5.74, 6) is -0.770. The molecule has 112 valence electrons. The van der Waals surface area contributed by atoms with Crippen LogP contribution in [-0.4, -0.2) is 21.6 Å². The van der Waals surface area contributed by atoms with Crippen LogP contribution in [0.15, 0.2) is 48.7 Å². The predicted molar refractivity (Wildman–Crippen MR) is 80.2 cm³/mol. The molecule has 2 atom stereocenters. The second-order valence-electron chi connectivity index (χ2n) is 4.30. The van der Waals surface area contributed by atoms with Gasteiger partial charge in [-0.3, -0.25) is 4.57 Å². The first-order chi connectivity index (χ1) is 10.0. The van der Waals surface area contributed by atoms with Gasteiger partial charge in [0, 0.05) is 11.8 Å². The van der Waals surface area contributed by atoms with Gasteiger partial charge in [0.15, 0.2) is 5.78 Å². The van der Waals surface area contributed by atoms with E-state index in [-0.39, 0.29) is 17.9 Å². The first kappa shape index (κ1) is 15.5. The number of phenols is 1. The molecule has 1 heterocycles. The van der Waals surface area contributed by atoms with Crippen molar-refractivity contribution in [3.05, 3.63) is 54.2 Å². The van der Waals surface area contributed by atoms with Crippen LogP contribution in [0.2, 0.25) is 0 Å². The lowest BCUT2D eigenvalue weighted by Crippen LogP contribution is -2.14. The van der Waals surface area contributed by atoms with E-state index in [1.807, 2.05) is 0 Å². The molecule has 7 heteroatoms. The number of pyridine rings is 1. The Morgan fingerprint density at radius 1 is 1.29 bits per heavy atom. The zero-order valence-electron chi connectivity index (χ0n) is 11.5. The van der Waals surface area contributed by atoms with Crippen LogP contribution >= 0.6 is 7.60 Å². The van der Waals surface area contributed by atoms with Crippen LogP contribution in [0.3, 0.4) is 0 Å². The number of benzene rings is 1. The highest BCUT2D eigenvalue weighted by atomic mass is 31.2. The van der Waals surface area contributed by atoms with E-state index >= 15 is 0 Å². The van der Waals surface area contributed by atoms with Gasteiger partial charge in [0.2, 0.25) is 0 Å². The summed E-state index contributed by atoms with van der Waals surface area (Å²) < 4.78 is 17.4. The normalized spacial score (nSPS) is 15.1. The molecule has 0 radical (unpaired) electrons. The molecule has 1 aromatic carbocycles. The Hall–Kier alpha value is -1.88. The molecule has 0 aliphatic heterocycles. The summed E-state index contributed by atoms with van der Waals surface area (Å²) in [5.41, 5.74) is 0.280. The van der Waals surface area contributed by atoms with Gasteiger partial charge in [-0.05, 0) is 25.1 Å². The third-order valence-corrected chi connectivity index (χ3v) is 4.51. The maximum atomic E-state index is 12.4. The molecule has 0 aliphatic carbocycles. The zero-order chi connectivity index (χ0) is 15.3. The van der Waals surface area contributed by atoms with E-state index in [9.17, 15) is 14.6 Å². The highest BCUT2D eigenvalue weighted by molar-refractivity contribution is 7.53. The van der Waals surface area contributed by atoms with Gasteiger partial charge in [0.05, 0.1) is 6.61 Å². The molecule has 0 amide bonds. The lowest BCUT2D eigenvalue weighted by atomic mass is 10.2. The number of para-hydroxylation sites is 1. The van der Waals surface area contributed by atoms with Crippen molar-refractivity contribution in [2.24, 2.45) is 0 Å². The van der Waals surface area contributed by atoms with Crippen molar-refractivity contribution in [2.75, 3.05) is 11.9 Å². The van der Waals surface area contributed by atoms with Crippen molar-refractivity contribution in [3.63, 3.8) is 0 Å².